The highest BCUT2D eigenvalue weighted by atomic mass is 127. The van der Waals surface area contributed by atoms with Crippen molar-refractivity contribution in [2.24, 2.45) is 5.10 Å². The molecule has 25 heavy (non-hydrogen) atoms. The van der Waals surface area contributed by atoms with Crippen LogP contribution in [0.3, 0.4) is 0 Å². The fourth-order valence-electron chi connectivity index (χ4n) is 2.28. The molecule has 0 bridgehead atoms. The number of hydrogen-bond donors (Lipinski definition) is 1. The molecule has 0 radical (unpaired) electrons. The molecule has 0 saturated carbocycles. The molecular weight excluding hydrogens is 427 g/mol. The second-order valence-electron chi connectivity index (χ2n) is 5.66. The summed E-state index contributed by atoms with van der Waals surface area (Å²) < 4.78 is 6.85. The first-order chi connectivity index (χ1) is 12.2. The average molecular weight is 450 g/mol. The first-order valence-electron chi connectivity index (χ1n) is 8.51. The van der Waals surface area contributed by atoms with Crippen molar-refractivity contribution in [1.82, 2.24) is 5.43 Å². The summed E-state index contributed by atoms with van der Waals surface area (Å²) in [6, 6.07) is 15.1. The molecule has 0 atom stereocenters. The Hall–Kier alpha value is -1.89. The molecule has 2 rings (SSSR count). The maximum absolute atomic E-state index is 12.1. The van der Waals surface area contributed by atoms with Crippen molar-refractivity contribution in [2.75, 3.05) is 6.61 Å². The van der Waals surface area contributed by atoms with Gasteiger partial charge >= 0.3 is 0 Å². The monoisotopic (exact) mass is 450 g/mol. The minimum absolute atomic E-state index is 0.229. The van der Waals surface area contributed by atoms with E-state index >= 15 is 0 Å². The van der Waals surface area contributed by atoms with Crippen LogP contribution in [0, 0.1) is 3.57 Å². The first-order valence-corrected chi connectivity index (χ1v) is 9.59. The van der Waals surface area contributed by atoms with Crippen LogP contribution in [0.1, 0.15) is 48.5 Å². The molecule has 0 heterocycles. The quantitative estimate of drug-likeness (QED) is 0.253. The Kier molecular flexibility index (Phi) is 8.45. The molecule has 2 aromatic rings. The highest BCUT2D eigenvalue weighted by Gasteiger charge is 2.04. The molecule has 5 heteroatoms. The van der Waals surface area contributed by atoms with Gasteiger partial charge < -0.3 is 4.74 Å². The zero-order chi connectivity index (χ0) is 17.9. The van der Waals surface area contributed by atoms with Gasteiger partial charge in [0.25, 0.3) is 5.91 Å². The van der Waals surface area contributed by atoms with Gasteiger partial charge in [-0.05, 0) is 59.3 Å². The Morgan fingerprint density at radius 3 is 2.80 bits per heavy atom. The van der Waals surface area contributed by atoms with Crippen LogP contribution in [-0.2, 0) is 0 Å². The molecule has 0 fully saturated rings. The van der Waals surface area contributed by atoms with Crippen LogP contribution in [0.2, 0.25) is 0 Å². The van der Waals surface area contributed by atoms with Gasteiger partial charge in [-0.1, -0.05) is 44.4 Å². The van der Waals surface area contributed by atoms with E-state index in [-0.39, 0.29) is 5.91 Å². The molecule has 0 unspecified atom stereocenters. The van der Waals surface area contributed by atoms with Gasteiger partial charge in [-0.15, -0.1) is 0 Å². The van der Waals surface area contributed by atoms with E-state index in [0.29, 0.717) is 12.2 Å². The number of carbonyl (C=O) groups is 1. The third-order valence-corrected chi connectivity index (χ3v) is 4.30. The van der Waals surface area contributed by atoms with E-state index in [0.717, 1.165) is 21.3 Å². The summed E-state index contributed by atoms with van der Waals surface area (Å²) in [5.41, 5.74) is 3.99. The third-order valence-electron chi connectivity index (χ3n) is 3.63. The number of ether oxygens (including phenoxy) is 1. The molecule has 0 aliphatic carbocycles. The van der Waals surface area contributed by atoms with E-state index in [4.69, 9.17) is 4.74 Å². The van der Waals surface area contributed by atoms with E-state index in [1.165, 1.54) is 19.3 Å². The van der Waals surface area contributed by atoms with Gasteiger partial charge in [0.1, 0.15) is 5.75 Å². The maximum atomic E-state index is 12.1. The van der Waals surface area contributed by atoms with Gasteiger partial charge in [0.15, 0.2) is 0 Å². The largest absolute Gasteiger partial charge is 0.493 e. The first kappa shape index (κ1) is 19.4. The van der Waals surface area contributed by atoms with Crippen LogP contribution in [0.15, 0.2) is 53.6 Å². The van der Waals surface area contributed by atoms with Crippen molar-refractivity contribution in [3.05, 3.63) is 63.2 Å². The number of nitrogens with one attached hydrogen (secondary N) is 1. The molecule has 4 nitrogen and oxygen atoms in total. The normalized spacial score (nSPS) is 10.8. The van der Waals surface area contributed by atoms with Crippen molar-refractivity contribution in [2.45, 2.75) is 32.6 Å². The summed E-state index contributed by atoms with van der Waals surface area (Å²) in [6.45, 7) is 2.89. The van der Waals surface area contributed by atoms with Gasteiger partial charge in [0.05, 0.1) is 12.8 Å². The summed E-state index contributed by atoms with van der Waals surface area (Å²) >= 11 is 2.18. The van der Waals surface area contributed by atoms with Crippen LogP contribution < -0.4 is 10.2 Å². The SMILES string of the molecule is CCCCCCOc1ccccc1/C=N\NC(=O)c1cccc(I)c1. The third kappa shape index (κ3) is 6.86. The van der Waals surface area contributed by atoms with Gasteiger partial charge in [-0.25, -0.2) is 5.43 Å². The number of amides is 1. The number of carbonyl (C=O) groups excluding carboxylic acids is 1. The number of unbranched alkanes of at least 4 members (excludes halogenated alkanes) is 3. The molecule has 132 valence electrons. The molecule has 0 aliphatic rings. The van der Waals surface area contributed by atoms with Crippen molar-refractivity contribution in [3.8, 4) is 5.75 Å². The lowest BCUT2D eigenvalue weighted by Gasteiger charge is -2.08. The average Bonchev–Trinajstić information content (AvgIpc) is 2.62. The number of para-hydroxylation sites is 1. The lowest BCUT2D eigenvalue weighted by Crippen LogP contribution is -2.17. The fourth-order valence-corrected chi connectivity index (χ4v) is 2.83. The Bertz CT molecular complexity index is 716. The molecule has 0 saturated heterocycles. The van der Waals surface area contributed by atoms with Gasteiger partial charge in [0.2, 0.25) is 0 Å². The summed E-state index contributed by atoms with van der Waals surface area (Å²) in [7, 11) is 0. The minimum Gasteiger partial charge on any atom is -0.493 e. The van der Waals surface area contributed by atoms with Crippen LogP contribution in [0.4, 0.5) is 0 Å². The smallest absolute Gasteiger partial charge is 0.271 e. The Morgan fingerprint density at radius 1 is 1.16 bits per heavy atom. The van der Waals surface area contributed by atoms with Crippen LogP contribution >= 0.6 is 22.6 Å². The Morgan fingerprint density at radius 2 is 2.00 bits per heavy atom. The van der Waals surface area contributed by atoms with E-state index < -0.39 is 0 Å². The van der Waals surface area contributed by atoms with Crippen molar-refractivity contribution >= 4 is 34.7 Å². The van der Waals surface area contributed by atoms with Gasteiger partial charge in [-0.2, -0.15) is 5.10 Å². The number of hydrazone groups is 1. The van der Waals surface area contributed by atoms with Crippen molar-refractivity contribution < 1.29 is 9.53 Å². The van der Waals surface area contributed by atoms with Gasteiger partial charge in [-0.3, -0.25) is 4.79 Å². The fraction of sp³-hybridized carbons (Fsp3) is 0.300. The lowest BCUT2D eigenvalue weighted by atomic mass is 10.2. The lowest BCUT2D eigenvalue weighted by molar-refractivity contribution is 0.0955. The molecule has 1 N–H and O–H groups in total. The standard InChI is InChI=1S/C20H23IN2O2/c1-2-3-4-7-13-25-19-12-6-5-9-17(19)15-22-23-20(24)16-10-8-11-18(21)14-16/h5-6,8-12,14-15H,2-4,7,13H2,1H3,(H,23,24)/b22-15-. The highest BCUT2D eigenvalue weighted by Crippen LogP contribution is 2.16. The van der Waals surface area contributed by atoms with Crippen LogP contribution in [0.5, 0.6) is 5.75 Å². The van der Waals surface area contributed by atoms with Crippen LogP contribution in [0.25, 0.3) is 0 Å². The predicted octanol–water partition coefficient (Wildman–Crippen LogP) is 5.01. The molecular formula is C20H23IN2O2. The maximum Gasteiger partial charge on any atom is 0.271 e. The second kappa shape index (κ2) is 10.9. The Labute approximate surface area is 162 Å². The zero-order valence-electron chi connectivity index (χ0n) is 14.4. The zero-order valence-corrected chi connectivity index (χ0v) is 16.5. The van der Waals surface area contributed by atoms with E-state index in [9.17, 15) is 4.79 Å². The second-order valence-corrected chi connectivity index (χ2v) is 6.90. The number of hydrogen-bond acceptors (Lipinski definition) is 3. The van der Waals surface area contributed by atoms with E-state index in [1.807, 2.05) is 42.5 Å². The summed E-state index contributed by atoms with van der Waals surface area (Å²) in [4.78, 5) is 12.1. The molecule has 2 aromatic carbocycles. The van der Waals surface area contributed by atoms with Crippen LogP contribution in [-0.4, -0.2) is 18.7 Å². The number of nitrogens with zero attached hydrogens (tertiary/aromatic N) is 1. The molecule has 0 spiro atoms. The molecule has 0 aliphatic heterocycles. The van der Waals surface area contributed by atoms with Crippen molar-refractivity contribution in [3.63, 3.8) is 0 Å². The molecule has 1 amide bonds. The van der Waals surface area contributed by atoms with E-state index in [1.54, 1.807) is 12.3 Å². The Balaban J connectivity index is 1.91. The predicted molar refractivity (Wildman–Crippen MR) is 110 cm³/mol. The highest BCUT2D eigenvalue weighted by molar-refractivity contribution is 14.1. The summed E-state index contributed by atoms with van der Waals surface area (Å²) in [5.74, 6) is 0.555. The number of halogens is 1. The number of rotatable bonds is 9. The topological polar surface area (TPSA) is 50.7 Å². The van der Waals surface area contributed by atoms with E-state index in [2.05, 4.69) is 40.0 Å². The number of benzene rings is 2. The molecule has 0 aromatic heterocycles. The minimum atomic E-state index is -0.229. The summed E-state index contributed by atoms with van der Waals surface area (Å²) in [6.07, 6.45) is 6.29. The van der Waals surface area contributed by atoms with Gasteiger partial charge in [0, 0.05) is 14.7 Å². The van der Waals surface area contributed by atoms with Crippen molar-refractivity contribution in [1.29, 1.82) is 0 Å². The summed E-state index contributed by atoms with van der Waals surface area (Å²) in [5, 5.41) is 4.06.